The predicted molar refractivity (Wildman–Crippen MR) is 73.7 cm³/mol. The van der Waals surface area contributed by atoms with Gasteiger partial charge in [0.1, 0.15) is 5.60 Å². The second kappa shape index (κ2) is 5.47. The van der Waals surface area contributed by atoms with Crippen LogP contribution >= 0.6 is 12.6 Å². The Kier molecular flexibility index (Phi) is 4.48. The van der Waals surface area contributed by atoms with Crippen LogP contribution in [0.2, 0.25) is 0 Å². The Balaban J connectivity index is 2.96. The van der Waals surface area contributed by atoms with E-state index in [4.69, 9.17) is 0 Å². The van der Waals surface area contributed by atoms with E-state index in [1.165, 1.54) is 5.57 Å². The van der Waals surface area contributed by atoms with Gasteiger partial charge in [-0.3, -0.25) is 0 Å². The third kappa shape index (κ3) is 4.32. The van der Waals surface area contributed by atoms with E-state index < -0.39 is 5.60 Å². The molecule has 0 bridgehead atoms. The van der Waals surface area contributed by atoms with Crippen molar-refractivity contribution in [3.05, 3.63) is 41.2 Å². The van der Waals surface area contributed by atoms with Gasteiger partial charge in [-0.25, -0.2) is 0 Å². The first-order valence-corrected chi connectivity index (χ1v) is 5.86. The minimum absolute atomic E-state index is 0.546. The highest BCUT2D eigenvalue weighted by molar-refractivity contribution is 7.90. The summed E-state index contributed by atoms with van der Waals surface area (Å²) in [5.41, 5.74) is 1.47. The summed E-state index contributed by atoms with van der Waals surface area (Å²) in [6, 6.07) is 3.56. The lowest BCUT2D eigenvalue weighted by molar-refractivity contribution is 0.0728. The summed E-state index contributed by atoms with van der Waals surface area (Å²) in [6.45, 7) is 7.38. The lowest BCUT2D eigenvalue weighted by Crippen LogP contribution is -2.18. The SMILES string of the molecule is CC(C)=C/C=C(\S)c1ccc(C(C)(C)O)nn1. The fourth-order valence-corrected chi connectivity index (χ4v) is 1.32. The summed E-state index contributed by atoms with van der Waals surface area (Å²) in [5, 5.41) is 17.8. The Morgan fingerprint density at radius 2 is 1.88 bits per heavy atom. The number of aliphatic hydroxyl groups is 1. The van der Waals surface area contributed by atoms with Crippen molar-refractivity contribution in [1.29, 1.82) is 0 Å². The average Bonchev–Trinajstić information content (AvgIpc) is 2.25. The molecule has 0 amide bonds. The first kappa shape index (κ1) is 13.9. The van der Waals surface area contributed by atoms with E-state index in [9.17, 15) is 5.11 Å². The number of hydrogen-bond acceptors (Lipinski definition) is 4. The number of rotatable bonds is 3. The van der Waals surface area contributed by atoms with E-state index in [2.05, 4.69) is 22.8 Å². The summed E-state index contributed by atoms with van der Waals surface area (Å²) in [4.78, 5) is 0.751. The molecule has 0 aromatic carbocycles. The van der Waals surface area contributed by atoms with Gasteiger partial charge < -0.3 is 5.11 Å². The Labute approximate surface area is 108 Å². The Hall–Kier alpha value is -1.13. The standard InChI is InChI=1S/C13H18N2OS/c1-9(2)5-7-11(17)10-6-8-12(15-14-10)13(3,4)16/h5-8,16-17H,1-4H3/b11-7-. The Morgan fingerprint density at radius 3 is 2.29 bits per heavy atom. The quantitative estimate of drug-likeness (QED) is 0.640. The normalized spacial score (nSPS) is 12.5. The van der Waals surface area contributed by atoms with Crippen molar-refractivity contribution in [2.75, 3.05) is 0 Å². The summed E-state index contributed by atoms with van der Waals surface area (Å²) in [7, 11) is 0. The van der Waals surface area contributed by atoms with Crippen molar-refractivity contribution in [2.45, 2.75) is 33.3 Å². The molecule has 1 rings (SSSR count). The van der Waals surface area contributed by atoms with Gasteiger partial charge in [0.25, 0.3) is 0 Å². The molecule has 0 saturated carbocycles. The van der Waals surface area contributed by atoms with Crippen LogP contribution < -0.4 is 0 Å². The molecule has 0 spiro atoms. The van der Waals surface area contributed by atoms with E-state index in [1.54, 1.807) is 26.0 Å². The molecular formula is C13H18N2OS. The van der Waals surface area contributed by atoms with E-state index in [1.807, 2.05) is 26.0 Å². The molecule has 4 heteroatoms. The van der Waals surface area contributed by atoms with Crippen LogP contribution in [0, 0.1) is 0 Å². The van der Waals surface area contributed by atoms with Crippen LogP contribution in [0.1, 0.15) is 39.1 Å². The maximum Gasteiger partial charge on any atom is 0.103 e. The van der Waals surface area contributed by atoms with Crippen LogP contribution in [0.3, 0.4) is 0 Å². The molecule has 17 heavy (non-hydrogen) atoms. The van der Waals surface area contributed by atoms with Crippen LogP contribution in [-0.4, -0.2) is 15.3 Å². The van der Waals surface area contributed by atoms with E-state index >= 15 is 0 Å². The van der Waals surface area contributed by atoms with Crippen molar-refractivity contribution >= 4 is 17.5 Å². The molecule has 0 aliphatic rings. The van der Waals surface area contributed by atoms with Crippen LogP contribution in [0.15, 0.2) is 29.9 Å². The third-order valence-corrected chi connectivity index (χ3v) is 2.51. The summed E-state index contributed by atoms with van der Waals surface area (Å²) < 4.78 is 0. The van der Waals surface area contributed by atoms with Crippen LogP contribution in [0.5, 0.6) is 0 Å². The molecule has 0 saturated heterocycles. The number of aromatic nitrogens is 2. The number of thiol groups is 1. The molecular weight excluding hydrogens is 232 g/mol. The number of hydrogen-bond donors (Lipinski definition) is 2. The molecule has 1 aromatic rings. The molecule has 1 aromatic heterocycles. The molecule has 0 radical (unpaired) electrons. The zero-order chi connectivity index (χ0) is 13.1. The summed E-state index contributed by atoms with van der Waals surface area (Å²) in [5.74, 6) is 0. The zero-order valence-electron chi connectivity index (χ0n) is 10.6. The molecule has 3 nitrogen and oxygen atoms in total. The second-order valence-electron chi connectivity index (χ2n) is 4.66. The summed E-state index contributed by atoms with van der Waals surface area (Å²) >= 11 is 4.35. The van der Waals surface area contributed by atoms with E-state index in [0.717, 1.165) is 4.91 Å². The topological polar surface area (TPSA) is 46.0 Å². The fourth-order valence-electron chi connectivity index (χ4n) is 1.13. The van der Waals surface area contributed by atoms with Crippen molar-refractivity contribution in [2.24, 2.45) is 0 Å². The first-order valence-electron chi connectivity index (χ1n) is 5.42. The first-order chi connectivity index (χ1) is 7.80. The molecule has 1 heterocycles. The van der Waals surface area contributed by atoms with Gasteiger partial charge in [-0.2, -0.15) is 5.10 Å². The smallest absolute Gasteiger partial charge is 0.103 e. The fraction of sp³-hybridized carbons (Fsp3) is 0.385. The average molecular weight is 250 g/mol. The van der Waals surface area contributed by atoms with Crippen molar-refractivity contribution in [3.63, 3.8) is 0 Å². The molecule has 1 N–H and O–H groups in total. The lowest BCUT2D eigenvalue weighted by Gasteiger charge is -2.15. The van der Waals surface area contributed by atoms with Gasteiger partial charge in [0.2, 0.25) is 0 Å². The van der Waals surface area contributed by atoms with Crippen LogP contribution in [0.25, 0.3) is 4.91 Å². The van der Waals surface area contributed by atoms with Crippen LogP contribution in [0.4, 0.5) is 0 Å². The van der Waals surface area contributed by atoms with Crippen molar-refractivity contribution < 1.29 is 5.11 Å². The second-order valence-corrected chi connectivity index (χ2v) is 5.14. The van der Waals surface area contributed by atoms with Crippen molar-refractivity contribution in [3.8, 4) is 0 Å². The minimum Gasteiger partial charge on any atom is -0.384 e. The maximum absolute atomic E-state index is 9.75. The number of nitrogens with zero attached hydrogens (tertiary/aromatic N) is 2. The molecule has 0 aliphatic heterocycles. The predicted octanol–water partition coefficient (Wildman–Crippen LogP) is 2.94. The van der Waals surface area contributed by atoms with Gasteiger partial charge >= 0.3 is 0 Å². The van der Waals surface area contributed by atoms with Gasteiger partial charge in [-0.1, -0.05) is 11.6 Å². The number of allylic oxidation sites excluding steroid dienone is 3. The zero-order valence-corrected chi connectivity index (χ0v) is 11.5. The van der Waals surface area contributed by atoms with E-state index in [0.29, 0.717) is 11.4 Å². The maximum atomic E-state index is 9.75. The molecule has 0 fully saturated rings. The summed E-state index contributed by atoms with van der Waals surface area (Å²) in [6.07, 6.45) is 3.85. The van der Waals surface area contributed by atoms with E-state index in [-0.39, 0.29) is 0 Å². The van der Waals surface area contributed by atoms with Gasteiger partial charge in [-0.15, -0.1) is 17.7 Å². The van der Waals surface area contributed by atoms with Gasteiger partial charge in [-0.05, 0) is 45.9 Å². The highest BCUT2D eigenvalue weighted by atomic mass is 32.1. The van der Waals surface area contributed by atoms with Crippen molar-refractivity contribution in [1.82, 2.24) is 10.2 Å². The minimum atomic E-state index is -0.966. The molecule has 0 unspecified atom stereocenters. The highest BCUT2D eigenvalue weighted by Gasteiger charge is 2.18. The monoisotopic (exact) mass is 250 g/mol. The lowest BCUT2D eigenvalue weighted by atomic mass is 10.1. The largest absolute Gasteiger partial charge is 0.384 e. The Morgan fingerprint density at radius 1 is 1.24 bits per heavy atom. The van der Waals surface area contributed by atoms with Gasteiger partial charge in [0.05, 0.1) is 11.4 Å². The highest BCUT2D eigenvalue weighted by Crippen LogP contribution is 2.20. The molecule has 0 atom stereocenters. The van der Waals surface area contributed by atoms with Gasteiger partial charge in [0.15, 0.2) is 0 Å². The Bertz CT molecular complexity index is 437. The third-order valence-electron chi connectivity index (χ3n) is 2.13. The van der Waals surface area contributed by atoms with Gasteiger partial charge in [0, 0.05) is 4.91 Å². The molecule has 0 aliphatic carbocycles. The van der Waals surface area contributed by atoms with Crippen LogP contribution in [-0.2, 0) is 5.60 Å². The molecule has 92 valence electrons.